The Kier molecular flexibility index (Phi) is 6.91. The first kappa shape index (κ1) is 23.5. The highest BCUT2D eigenvalue weighted by Gasteiger charge is 2.26. The highest BCUT2D eigenvalue weighted by Crippen LogP contribution is 2.38. The van der Waals surface area contributed by atoms with Gasteiger partial charge in [-0.3, -0.25) is 9.78 Å². The number of ether oxygens (including phenoxy) is 1. The summed E-state index contributed by atoms with van der Waals surface area (Å²) < 4.78 is 20.0. The molecule has 2 heterocycles. The number of halogens is 2. The molecule has 6 nitrogen and oxygen atoms in total. The van der Waals surface area contributed by atoms with E-state index in [0.29, 0.717) is 29.4 Å². The van der Waals surface area contributed by atoms with Crippen molar-refractivity contribution in [2.24, 2.45) is 11.7 Å². The predicted octanol–water partition coefficient (Wildman–Crippen LogP) is 4.89. The molecule has 176 valence electrons. The average molecular weight is 473 g/mol. The van der Waals surface area contributed by atoms with E-state index in [9.17, 15) is 9.18 Å². The van der Waals surface area contributed by atoms with Crippen LogP contribution in [0.25, 0.3) is 22.2 Å². The van der Waals surface area contributed by atoms with Crippen molar-refractivity contribution in [3.05, 3.63) is 47.5 Å². The smallest absolute Gasteiger partial charge is 0.255 e. The minimum Gasteiger partial charge on any atom is -0.493 e. The molecule has 33 heavy (non-hydrogen) atoms. The zero-order valence-corrected chi connectivity index (χ0v) is 19.5. The van der Waals surface area contributed by atoms with Crippen molar-refractivity contribution in [1.82, 2.24) is 15.3 Å². The second kappa shape index (κ2) is 9.69. The zero-order chi connectivity index (χ0) is 22.2. The summed E-state index contributed by atoms with van der Waals surface area (Å²) >= 11 is 0. The molecule has 0 aliphatic heterocycles. The van der Waals surface area contributed by atoms with Crippen LogP contribution in [0, 0.1) is 18.7 Å². The summed E-state index contributed by atoms with van der Waals surface area (Å²) in [7, 11) is 0. The van der Waals surface area contributed by atoms with E-state index < -0.39 is 0 Å². The van der Waals surface area contributed by atoms with Crippen LogP contribution in [0.5, 0.6) is 5.75 Å². The lowest BCUT2D eigenvalue weighted by Gasteiger charge is -2.26. The monoisotopic (exact) mass is 472 g/mol. The topological polar surface area (TPSA) is 93.0 Å². The molecule has 1 aromatic carbocycles. The summed E-state index contributed by atoms with van der Waals surface area (Å²) in [4.78, 5) is 21.0. The number of amides is 1. The number of aryl methyl sites for hydroxylation is 1. The van der Waals surface area contributed by atoms with Gasteiger partial charge in [-0.15, -0.1) is 12.4 Å². The third kappa shape index (κ3) is 4.99. The minimum atomic E-state index is -0.334. The Morgan fingerprint density at radius 1 is 1.18 bits per heavy atom. The van der Waals surface area contributed by atoms with E-state index in [1.807, 2.05) is 13.0 Å². The molecule has 1 amide bonds. The lowest BCUT2D eigenvalue weighted by atomic mass is 9.91. The molecule has 0 radical (unpaired) electrons. The molecule has 0 bridgehead atoms. The maximum Gasteiger partial charge on any atom is 0.255 e. The lowest BCUT2D eigenvalue weighted by Crippen LogP contribution is -2.40. The molecule has 2 aromatic heterocycles. The summed E-state index contributed by atoms with van der Waals surface area (Å²) in [6, 6.07) is 6.83. The van der Waals surface area contributed by atoms with Gasteiger partial charge >= 0.3 is 0 Å². The third-order valence-electron chi connectivity index (χ3n) is 6.61. The fourth-order valence-corrected chi connectivity index (χ4v) is 4.56. The van der Waals surface area contributed by atoms with Crippen LogP contribution in [0.15, 0.2) is 30.5 Å². The SMILES string of the molecule is Cc1[nH]c2c(-c3ccc(F)cc3OCC3CC3)ccnc2c1C(=O)N[C@H]1CC[C@@H](N)CC1.Cl. The number of nitrogens with two attached hydrogens (primary N) is 1. The number of hydrogen-bond donors (Lipinski definition) is 3. The zero-order valence-electron chi connectivity index (χ0n) is 18.7. The molecule has 8 heteroatoms. The maximum atomic E-state index is 14.0. The van der Waals surface area contributed by atoms with E-state index >= 15 is 0 Å². The van der Waals surface area contributed by atoms with Crippen LogP contribution >= 0.6 is 12.4 Å². The second-order valence-electron chi connectivity index (χ2n) is 9.19. The molecule has 2 aliphatic rings. The Labute approximate surface area is 198 Å². The molecule has 2 fully saturated rings. The molecule has 2 aliphatic carbocycles. The summed E-state index contributed by atoms with van der Waals surface area (Å²) in [5.41, 5.74) is 10.3. The maximum absolute atomic E-state index is 14.0. The molecule has 0 atom stereocenters. The van der Waals surface area contributed by atoms with E-state index in [2.05, 4.69) is 15.3 Å². The average Bonchev–Trinajstić information content (AvgIpc) is 3.54. The van der Waals surface area contributed by atoms with Gasteiger partial charge in [-0.25, -0.2) is 4.39 Å². The number of pyridine rings is 1. The first-order valence-electron chi connectivity index (χ1n) is 11.5. The molecule has 0 saturated heterocycles. The van der Waals surface area contributed by atoms with Crippen LogP contribution in [-0.2, 0) is 0 Å². The summed E-state index contributed by atoms with van der Waals surface area (Å²) in [6.45, 7) is 2.47. The van der Waals surface area contributed by atoms with Crippen LogP contribution in [0.2, 0.25) is 0 Å². The number of aromatic amines is 1. The number of aromatic nitrogens is 2. The number of fused-ring (bicyclic) bond motifs is 1. The Hall–Kier alpha value is -2.64. The highest BCUT2D eigenvalue weighted by atomic mass is 35.5. The van der Waals surface area contributed by atoms with Crippen LogP contribution in [0.4, 0.5) is 4.39 Å². The van der Waals surface area contributed by atoms with Gasteiger partial charge < -0.3 is 20.8 Å². The van der Waals surface area contributed by atoms with Gasteiger partial charge in [0.15, 0.2) is 0 Å². The number of hydrogen-bond acceptors (Lipinski definition) is 4. The summed E-state index contributed by atoms with van der Waals surface area (Å²) in [5.74, 6) is 0.616. The molecule has 4 N–H and O–H groups in total. The van der Waals surface area contributed by atoms with E-state index in [1.54, 1.807) is 12.3 Å². The Morgan fingerprint density at radius 3 is 2.67 bits per heavy atom. The third-order valence-corrected chi connectivity index (χ3v) is 6.61. The van der Waals surface area contributed by atoms with Crippen molar-refractivity contribution < 1.29 is 13.9 Å². The number of carbonyl (C=O) groups is 1. The molecular weight excluding hydrogens is 443 g/mol. The van der Waals surface area contributed by atoms with Crippen molar-refractivity contribution in [3.63, 3.8) is 0 Å². The number of nitrogens with zero attached hydrogens (tertiary/aromatic N) is 1. The predicted molar refractivity (Wildman–Crippen MR) is 129 cm³/mol. The molecule has 0 unspecified atom stereocenters. The van der Waals surface area contributed by atoms with Gasteiger partial charge in [-0.1, -0.05) is 0 Å². The van der Waals surface area contributed by atoms with E-state index in [4.69, 9.17) is 10.5 Å². The fraction of sp³-hybridized carbons (Fsp3) is 0.440. The number of H-pyrrole nitrogens is 1. The molecule has 5 rings (SSSR count). The van der Waals surface area contributed by atoms with Gasteiger partial charge in [0.1, 0.15) is 17.1 Å². The van der Waals surface area contributed by atoms with E-state index in [0.717, 1.165) is 60.9 Å². The van der Waals surface area contributed by atoms with Gasteiger partial charge in [-0.2, -0.15) is 0 Å². The minimum absolute atomic E-state index is 0. The highest BCUT2D eigenvalue weighted by molar-refractivity contribution is 6.09. The lowest BCUT2D eigenvalue weighted by molar-refractivity contribution is 0.0927. The number of nitrogens with one attached hydrogen (secondary N) is 2. The van der Waals surface area contributed by atoms with E-state index in [1.165, 1.54) is 12.1 Å². The van der Waals surface area contributed by atoms with Gasteiger partial charge in [0.2, 0.25) is 0 Å². The molecular formula is C25H30ClFN4O2. The van der Waals surface area contributed by atoms with Crippen molar-refractivity contribution in [1.29, 1.82) is 0 Å². The number of rotatable bonds is 6. The first-order valence-corrected chi connectivity index (χ1v) is 11.5. The van der Waals surface area contributed by atoms with Crippen molar-refractivity contribution in [2.45, 2.75) is 57.5 Å². The van der Waals surface area contributed by atoms with Crippen molar-refractivity contribution in [3.8, 4) is 16.9 Å². The summed E-state index contributed by atoms with van der Waals surface area (Å²) in [5, 5.41) is 3.16. The normalized spacial score (nSPS) is 20.3. The number of benzene rings is 1. The second-order valence-corrected chi connectivity index (χ2v) is 9.19. The van der Waals surface area contributed by atoms with Gasteiger partial charge in [0, 0.05) is 41.2 Å². The van der Waals surface area contributed by atoms with Crippen molar-refractivity contribution >= 4 is 29.3 Å². The Morgan fingerprint density at radius 2 is 1.94 bits per heavy atom. The van der Waals surface area contributed by atoms with Gasteiger partial charge in [0.25, 0.3) is 5.91 Å². The number of carbonyl (C=O) groups excluding carboxylic acids is 1. The van der Waals surface area contributed by atoms with Gasteiger partial charge in [-0.05, 0) is 69.6 Å². The van der Waals surface area contributed by atoms with Crippen molar-refractivity contribution in [2.75, 3.05) is 6.61 Å². The van der Waals surface area contributed by atoms with E-state index in [-0.39, 0.29) is 36.2 Å². The van der Waals surface area contributed by atoms with Crippen LogP contribution in [0.3, 0.4) is 0 Å². The first-order chi connectivity index (χ1) is 15.5. The van der Waals surface area contributed by atoms with Crippen LogP contribution in [0.1, 0.15) is 54.6 Å². The molecule has 2 saturated carbocycles. The van der Waals surface area contributed by atoms with Gasteiger partial charge in [0.05, 0.1) is 17.7 Å². The molecule has 0 spiro atoms. The molecule has 3 aromatic rings. The fourth-order valence-electron chi connectivity index (χ4n) is 4.56. The Bertz CT molecular complexity index is 1150. The van der Waals surface area contributed by atoms with Crippen LogP contribution in [-0.4, -0.2) is 34.6 Å². The quantitative estimate of drug-likeness (QED) is 0.476. The largest absolute Gasteiger partial charge is 0.493 e. The van der Waals surface area contributed by atoms with Crippen LogP contribution < -0.4 is 15.8 Å². The Balaban J connectivity index is 0.00000259. The standard InChI is InChI=1S/C25H29FN4O2.ClH/c1-14-22(25(31)30-18-7-5-17(27)6-8-18)24-23(29-14)20(10-11-28-24)19-9-4-16(26)12-21(19)32-13-15-2-3-15;/h4,9-12,15,17-18,29H,2-3,5-8,13,27H2,1H3,(H,30,31);1H/t17-,18+;. The summed E-state index contributed by atoms with van der Waals surface area (Å²) in [6.07, 6.45) is 7.64.